The van der Waals surface area contributed by atoms with Crippen LogP contribution in [0.25, 0.3) is 11.0 Å². The third-order valence-corrected chi connectivity index (χ3v) is 3.29. The minimum atomic E-state index is -0.491. The van der Waals surface area contributed by atoms with Crippen LogP contribution < -0.4 is 5.32 Å². The SMILES string of the molecule is CC(C)C(CCO)NC(=O)c1cc(F)cc2[nH]cnc12. The number of nitrogens with zero attached hydrogens (tertiary/aromatic N) is 1. The zero-order valence-corrected chi connectivity index (χ0v) is 11.5. The number of aromatic nitrogens is 2. The van der Waals surface area contributed by atoms with E-state index in [1.54, 1.807) is 0 Å². The zero-order valence-electron chi connectivity index (χ0n) is 11.5. The Morgan fingerprint density at radius 2 is 2.25 bits per heavy atom. The second kappa shape index (κ2) is 6.00. The first-order chi connectivity index (χ1) is 9.52. The maximum absolute atomic E-state index is 13.5. The second-order valence-corrected chi connectivity index (χ2v) is 5.09. The van der Waals surface area contributed by atoms with E-state index in [9.17, 15) is 9.18 Å². The van der Waals surface area contributed by atoms with E-state index in [1.807, 2.05) is 13.8 Å². The van der Waals surface area contributed by atoms with Crippen LogP contribution in [0.15, 0.2) is 18.5 Å². The molecule has 1 heterocycles. The van der Waals surface area contributed by atoms with Crippen molar-refractivity contribution in [3.63, 3.8) is 0 Å². The Labute approximate surface area is 116 Å². The highest BCUT2D eigenvalue weighted by molar-refractivity contribution is 6.04. The summed E-state index contributed by atoms with van der Waals surface area (Å²) >= 11 is 0. The third-order valence-electron chi connectivity index (χ3n) is 3.29. The van der Waals surface area contributed by atoms with Crippen LogP contribution in [0.4, 0.5) is 4.39 Å². The molecule has 0 aliphatic rings. The van der Waals surface area contributed by atoms with Gasteiger partial charge in [0.15, 0.2) is 0 Å². The molecule has 1 aromatic carbocycles. The Balaban J connectivity index is 2.28. The van der Waals surface area contributed by atoms with Crippen molar-refractivity contribution in [3.05, 3.63) is 29.8 Å². The number of fused-ring (bicyclic) bond motifs is 1. The average Bonchev–Trinajstić information content (AvgIpc) is 2.84. The van der Waals surface area contributed by atoms with Gasteiger partial charge in [-0.2, -0.15) is 0 Å². The summed E-state index contributed by atoms with van der Waals surface area (Å²) in [6.45, 7) is 3.90. The molecule has 1 aromatic heterocycles. The Kier molecular flexibility index (Phi) is 4.34. The van der Waals surface area contributed by atoms with Gasteiger partial charge in [0.1, 0.15) is 11.3 Å². The molecular weight excluding hydrogens is 261 g/mol. The molecule has 3 N–H and O–H groups in total. The number of amides is 1. The van der Waals surface area contributed by atoms with E-state index in [1.165, 1.54) is 18.5 Å². The second-order valence-electron chi connectivity index (χ2n) is 5.09. The van der Waals surface area contributed by atoms with E-state index in [4.69, 9.17) is 5.11 Å². The Morgan fingerprint density at radius 1 is 1.50 bits per heavy atom. The lowest BCUT2D eigenvalue weighted by atomic mass is 10.0. The van der Waals surface area contributed by atoms with Crippen LogP contribution in [0.3, 0.4) is 0 Å². The van der Waals surface area contributed by atoms with E-state index in [0.717, 1.165) is 0 Å². The smallest absolute Gasteiger partial charge is 0.253 e. The number of rotatable bonds is 5. The van der Waals surface area contributed by atoms with Gasteiger partial charge in [-0.1, -0.05) is 13.8 Å². The molecule has 0 radical (unpaired) electrons. The molecule has 0 saturated carbocycles. The summed E-state index contributed by atoms with van der Waals surface area (Å²) in [7, 11) is 0. The highest BCUT2D eigenvalue weighted by Crippen LogP contribution is 2.18. The summed E-state index contributed by atoms with van der Waals surface area (Å²) in [6, 6.07) is 2.31. The fourth-order valence-corrected chi connectivity index (χ4v) is 2.15. The Hall–Kier alpha value is -1.95. The first kappa shape index (κ1) is 14.5. The zero-order chi connectivity index (χ0) is 14.7. The fraction of sp³-hybridized carbons (Fsp3) is 0.429. The molecule has 1 atom stereocenters. The van der Waals surface area contributed by atoms with Crippen LogP contribution in [0.2, 0.25) is 0 Å². The minimum absolute atomic E-state index is 0.00983. The number of aliphatic hydroxyl groups excluding tert-OH is 1. The average molecular weight is 279 g/mol. The van der Waals surface area contributed by atoms with Crippen molar-refractivity contribution in [2.45, 2.75) is 26.3 Å². The molecule has 6 heteroatoms. The minimum Gasteiger partial charge on any atom is -0.396 e. The van der Waals surface area contributed by atoms with Gasteiger partial charge >= 0.3 is 0 Å². The molecule has 0 aliphatic carbocycles. The van der Waals surface area contributed by atoms with Gasteiger partial charge < -0.3 is 15.4 Å². The largest absolute Gasteiger partial charge is 0.396 e. The molecule has 0 fully saturated rings. The fourth-order valence-electron chi connectivity index (χ4n) is 2.15. The van der Waals surface area contributed by atoms with Crippen molar-refractivity contribution in [1.29, 1.82) is 0 Å². The maximum Gasteiger partial charge on any atom is 0.253 e. The van der Waals surface area contributed by atoms with Crippen LogP contribution in [-0.4, -0.2) is 33.6 Å². The van der Waals surface area contributed by atoms with Gasteiger partial charge in [0.2, 0.25) is 0 Å². The van der Waals surface area contributed by atoms with E-state index in [-0.39, 0.29) is 30.0 Å². The number of H-pyrrole nitrogens is 1. The lowest BCUT2D eigenvalue weighted by Crippen LogP contribution is -2.39. The van der Waals surface area contributed by atoms with E-state index >= 15 is 0 Å². The summed E-state index contributed by atoms with van der Waals surface area (Å²) < 4.78 is 13.5. The first-order valence-electron chi connectivity index (χ1n) is 6.57. The number of benzene rings is 1. The lowest BCUT2D eigenvalue weighted by Gasteiger charge is -2.21. The maximum atomic E-state index is 13.5. The number of hydrogen-bond donors (Lipinski definition) is 3. The number of carbonyl (C=O) groups is 1. The molecular formula is C14H18FN3O2. The summed E-state index contributed by atoms with van der Waals surface area (Å²) in [4.78, 5) is 19.1. The van der Waals surface area contributed by atoms with Crippen molar-refractivity contribution >= 4 is 16.9 Å². The summed E-state index contributed by atoms with van der Waals surface area (Å²) in [5.41, 5.74) is 1.12. The van der Waals surface area contributed by atoms with E-state index < -0.39 is 5.82 Å². The predicted octanol–water partition coefficient (Wildman–Crippen LogP) is 1.84. The normalized spacial score (nSPS) is 12.8. The molecule has 20 heavy (non-hydrogen) atoms. The molecule has 2 aromatic rings. The lowest BCUT2D eigenvalue weighted by molar-refractivity contribution is 0.0917. The monoisotopic (exact) mass is 279 g/mol. The summed E-state index contributed by atoms with van der Waals surface area (Å²) in [5, 5.41) is 11.8. The number of nitrogens with one attached hydrogen (secondary N) is 2. The van der Waals surface area contributed by atoms with Crippen molar-refractivity contribution in [2.75, 3.05) is 6.61 Å². The van der Waals surface area contributed by atoms with Crippen LogP contribution in [0.5, 0.6) is 0 Å². The molecule has 0 saturated heterocycles. The number of hydrogen-bond acceptors (Lipinski definition) is 3. The third kappa shape index (κ3) is 2.96. The summed E-state index contributed by atoms with van der Waals surface area (Å²) in [6.07, 6.45) is 1.89. The van der Waals surface area contributed by atoms with Crippen LogP contribution >= 0.6 is 0 Å². The van der Waals surface area contributed by atoms with Gasteiger partial charge in [0.25, 0.3) is 5.91 Å². The molecule has 1 amide bonds. The number of aliphatic hydroxyl groups is 1. The topological polar surface area (TPSA) is 78.0 Å². The van der Waals surface area contributed by atoms with Gasteiger partial charge in [-0.05, 0) is 24.5 Å². The highest BCUT2D eigenvalue weighted by atomic mass is 19.1. The molecule has 0 spiro atoms. The molecule has 5 nitrogen and oxygen atoms in total. The van der Waals surface area contributed by atoms with Gasteiger partial charge in [-0.25, -0.2) is 9.37 Å². The molecule has 0 aliphatic heterocycles. The quantitative estimate of drug-likeness (QED) is 0.781. The van der Waals surface area contributed by atoms with E-state index in [0.29, 0.717) is 17.5 Å². The highest BCUT2D eigenvalue weighted by Gasteiger charge is 2.19. The van der Waals surface area contributed by atoms with Crippen molar-refractivity contribution < 1.29 is 14.3 Å². The molecule has 2 rings (SSSR count). The number of carbonyl (C=O) groups excluding carboxylic acids is 1. The number of imidazole rings is 1. The van der Waals surface area contributed by atoms with Gasteiger partial charge in [0.05, 0.1) is 17.4 Å². The summed E-state index contributed by atoms with van der Waals surface area (Å²) in [5.74, 6) is -0.696. The predicted molar refractivity (Wildman–Crippen MR) is 73.8 cm³/mol. The van der Waals surface area contributed by atoms with Crippen LogP contribution in [-0.2, 0) is 0 Å². The molecule has 108 valence electrons. The van der Waals surface area contributed by atoms with Gasteiger partial charge in [0, 0.05) is 12.6 Å². The van der Waals surface area contributed by atoms with Crippen molar-refractivity contribution in [1.82, 2.24) is 15.3 Å². The Bertz CT molecular complexity index is 609. The van der Waals surface area contributed by atoms with Gasteiger partial charge in [-0.15, -0.1) is 0 Å². The Morgan fingerprint density at radius 3 is 2.90 bits per heavy atom. The first-order valence-corrected chi connectivity index (χ1v) is 6.57. The van der Waals surface area contributed by atoms with Crippen LogP contribution in [0, 0.1) is 11.7 Å². The van der Waals surface area contributed by atoms with Gasteiger partial charge in [-0.3, -0.25) is 4.79 Å². The standard InChI is InChI=1S/C14H18FN3O2/c1-8(2)11(3-4-19)18-14(20)10-5-9(15)6-12-13(10)17-7-16-12/h5-8,11,19H,3-4H2,1-2H3,(H,16,17)(H,18,20). The molecule has 0 bridgehead atoms. The van der Waals surface area contributed by atoms with Crippen LogP contribution in [0.1, 0.15) is 30.6 Å². The van der Waals surface area contributed by atoms with Crippen molar-refractivity contribution in [2.24, 2.45) is 5.92 Å². The molecule has 1 unspecified atom stereocenters. The number of halogens is 1. The number of aromatic amines is 1. The van der Waals surface area contributed by atoms with Crippen molar-refractivity contribution in [3.8, 4) is 0 Å². The van der Waals surface area contributed by atoms with E-state index in [2.05, 4.69) is 15.3 Å².